The predicted octanol–water partition coefficient (Wildman–Crippen LogP) is 13.2. The number of nitrogens with one attached hydrogen (secondary N) is 1. The zero-order valence-electron chi connectivity index (χ0n) is 12.7. The van der Waals surface area contributed by atoms with Crippen LogP contribution < -0.4 is 5.32 Å². The molecule has 0 saturated carbocycles. The fourth-order valence-electron chi connectivity index (χ4n) is 1.41. The quantitative estimate of drug-likeness (QED) is 0.239. The minimum absolute atomic E-state index is 0.486. The molecule has 176 valence electrons. The fourth-order valence-corrected chi connectivity index (χ4v) is 13.6. The summed E-state index contributed by atoms with van der Waals surface area (Å²) in [5.41, 5.74) is 0. The fraction of sp³-hybridized carbons (Fsp3) is 1.00. The maximum absolute atomic E-state index is 3.76. The Morgan fingerprint density at radius 3 is 0.724 bits per heavy atom. The van der Waals surface area contributed by atoms with Crippen LogP contribution in [-0.4, -0.2) is 36.8 Å². The first-order valence-electron chi connectivity index (χ1n) is 6.32. The van der Waals surface area contributed by atoms with E-state index in [-0.39, 0.29) is 0 Å². The Labute approximate surface area is 321 Å². The van der Waals surface area contributed by atoms with Gasteiger partial charge in [-0.1, -0.05) is 287 Å². The zero-order chi connectivity index (χ0) is 24.1. The van der Waals surface area contributed by atoms with Crippen LogP contribution in [0, 0.1) is 0 Å². The Morgan fingerprint density at radius 1 is 0.345 bits per heavy atom. The van der Waals surface area contributed by atoms with Gasteiger partial charge in [-0.15, -0.1) is 0 Å². The van der Waals surface area contributed by atoms with E-state index in [1.54, 1.807) is 0 Å². The molecular weight excluding hydrogens is 1570 g/mol. The topological polar surface area (TPSA) is 12.0 Å². The van der Waals surface area contributed by atoms with Crippen molar-refractivity contribution in [1.82, 2.24) is 5.32 Å². The highest BCUT2D eigenvalue weighted by Crippen LogP contribution is 2.69. The zero-order valence-corrected chi connectivity index (χ0v) is 41.3. The summed E-state index contributed by atoms with van der Waals surface area (Å²) >= 11 is 66.3. The van der Waals surface area contributed by atoms with Crippen molar-refractivity contribution in [2.24, 2.45) is 0 Å². The van der Waals surface area contributed by atoms with Crippen molar-refractivity contribution in [3.63, 3.8) is 0 Å². The Kier molecular flexibility index (Phi) is 16.9. The molecule has 0 aliphatic carbocycles. The summed E-state index contributed by atoms with van der Waals surface area (Å²) < 4.78 is -5.70. The average Bonchev–Trinajstić information content (AvgIpc) is 2.43. The number of halogens is 18. The molecule has 19 heteroatoms. The van der Waals surface area contributed by atoms with Crippen LogP contribution in [0.2, 0.25) is 0 Å². The van der Waals surface area contributed by atoms with Gasteiger partial charge < -0.3 is 5.32 Å². The highest BCUT2D eigenvalue weighted by atomic mass is 80.0. The molecule has 0 aromatic rings. The highest BCUT2D eigenvalue weighted by Gasteiger charge is 2.66. The van der Waals surface area contributed by atoms with Gasteiger partial charge in [0.1, 0.15) is 19.4 Å². The normalized spacial score (nSPS) is 16.3. The van der Waals surface area contributed by atoms with Gasteiger partial charge in [0.15, 0.2) is 4.29 Å². The van der Waals surface area contributed by atoms with Gasteiger partial charge in [0.25, 0.3) is 0 Å². The smallest absolute Gasteiger partial charge is 0.162 e. The first-order chi connectivity index (χ1) is 12.2. The number of hydrogen-bond acceptors (Lipinski definition) is 1. The van der Waals surface area contributed by atoms with Crippen molar-refractivity contribution in [1.29, 1.82) is 0 Å². The number of hydrogen-bond donors (Lipinski definition) is 1. The molecule has 0 unspecified atom stereocenters. The SMILES string of the molecule is BrC(Br)(Br)C(Br)(Br)C(Br)(Br)C(Br)(Br)CNCC(Br)(Br)C(Br)(Br)C(Br)(Br)C(Br)(Br)Br. The number of rotatable bonds is 8. The molecule has 0 amide bonds. The Morgan fingerprint density at radius 2 is 0.552 bits per heavy atom. The van der Waals surface area contributed by atoms with E-state index in [9.17, 15) is 0 Å². The second-order valence-corrected chi connectivity index (χ2v) is 40.1. The van der Waals surface area contributed by atoms with Crippen molar-refractivity contribution in [2.45, 2.75) is 23.7 Å². The maximum Gasteiger partial charge on any atom is 0.162 e. The van der Waals surface area contributed by atoms with Gasteiger partial charge in [0, 0.05) is 13.1 Å². The lowest BCUT2D eigenvalue weighted by Gasteiger charge is -2.48. The summed E-state index contributed by atoms with van der Waals surface area (Å²) in [7, 11) is 0. The lowest BCUT2D eigenvalue weighted by molar-refractivity contribution is 0.574. The summed E-state index contributed by atoms with van der Waals surface area (Å²) in [6.45, 7) is 0.973. The van der Waals surface area contributed by atoms with Gasteiger partial charge in [-0.3, -0.25) is 0 Å². The largest absolute Gasteiger partial charge is 0.312 e. The molecule has 29 heavy (non-hydrogen) atoms. The second kappa shape index (κ2) is 13.1. The standard InChI is InChI=1S/C10H5Br18N/c11-3(12,5(15,16)7(19,20)9(23,24)25)1-29-2-4(13,14)6(17,18)8(21,22)10(26,27)28/h29H,1-2H2. The van der Waals surface area contributed by atoms with Crippen LogP contribution in [-0.2, 0) is 0 Å². The van der Waals surface area contributed by atoms with Crippen LogP contribution >= 0.6 is 287 Å². The van der Waals surface area contributed by atoms with E-state index in [0.29, 0.717) is 13.1 Å². The van der Waals surface area contributed by atoms with Crippen LogP contribution in [0.1, 0.15) is 0 Å². The van der Waals surface area contributed by atoms with Crippen LogP contribution in [0.3, 0.4) is 0 Å². The van der Waals surface area contributed by atoms with E-state index in [0.717, 1.165) is 0 Å². The molecule has 0 radical (unpaired) electrons. The Hall–Kier alpha value is 8.60. The van der Waals surface area contributed by atoms with E-state index >= 15 is 0 Å². The van der Waals surface area contributed by atoms with Crippen molar-refractivity contribution in [3.05, 3.63) is 0 Å². The van der Waals surface area contributed by atoms with Gasteiger partial charge in [-0.25, -0.2) is 0 Å². The van der Waals surface area contributed by atoms with E-state index in [4.69, 9.17) is 0 Å². The third kappa shape index (κ3) is 8.79. The van der Waals surface area contributed by atoms with Crippen molar-refractivity contribution < 1.29 is 0 Å². The lowest BCUT2D eigenvalue weighted by Crippen LogP contribution is -2.60. The lowest BCUT2D eigenvalue weighted by atomic mass is 10.2. The summed E-state index contributed by atoms with van der Waals surface area (Å²) in [5, 5.41) is 3.44. The van der Waals surface area contributed by atoms with Gasteiger partial charge in [0.05, 0.1) is 0 Å². The number of alkyl halides is 18. The van der Waals surface area contributed by atoms with Gasteiger partial charge in [0.2, 0.25) is 0 Å². The maximum atomic E-state index is 3.76. The van der Waals surface area contributed by atoms with E-state index < -0.39 is 23.7 Å². The molecule has 0 bridgehead atoms. The molecule has 0 aliphatic rings. The molecule has 1 nitrogen and oxygen atoms in total. The summed E-state index contributed by atoms with van der Waals surface area (Å²) in [6.07, 6.45) is 0. The van der Waals surface area contributed by atoms with Crippen molar-refractivity contribution in [3.8, 4) is 0 Å². The third-order valence-electron chi connectivity index (χ3n) is 3.11. The first-order valence-corrected chi connectivity index (χ1v) is 20.6. The molecular formula is C10H5Br18N. The van der Waals surface area contributed by atoms with Crippen LogP contribution in [0.15, 0.2) is 0 Å². The minimum atomic E-state index is -0.754. The van der Waals surface area contributed by atoms with E-state index in [1.807, 2.05) is 0 Å². The second-order valence-electron chi connectivity index (χ2n) is 5.31. The van der Waals surface area contributed by atoms with Gasteiger partial charge in [-0.2, -0.15) is 0 Å². The molecule has 0 aromatic heterocycles. The minimum Gasteiger partial charge on any atom is -0.312 e. The molecule has 0 spiro atoms. The summed E-state index contributed by atoms with van der Waals surface area (Å²) in [4.78, 5) is 0. The van der Waals surface area contributed by atoms with Crippen LogP contribution in [0.5, 0.6) is 0 Å². The highest BCUT2D eigenvalue weighted by molar-refractivity contribution is 9.43. The van der Waals surface area contributed by atoms with Gasteiger partial charge in [-0.05, 0) is 0 Å². The molecule has 0 saturated heterocycles. The molecule has 0 aromatic carbocycles. The molecule has 0 fully saturated rings. The molecule has 1 N–H and O–H groups in total. The van der Waals surface area contributed by atoms with E-state index in [1.165, 1.54) is 0 Å². The predicted molar refractivity (Wildman–Crippen MR) is 195 cm³/mol. The Balaban J connectivity index is 5.55. The third-order valence-corrected chi connectivity index (χ3v) is 34.9. The Bertz CT molecular complexity index is 518. The first kappa shape index (κ1) is 37.6. The van der Waals surface area contributed by atoms with Gasteiger partial charge >= 0.3 is 0 Å². The molecule has 0 atom stereocenters. The van der Waals surface area contributed by atoms with Crippen LogP contribution in [0.25, 0.3) is 0 Å². The summed E-state index contributed by atoms with van der Waals surface area (Å²) in [6, 6.07) is 0. The molecule has 0 aliphatic heterocycles. The molecule has 0 rings (SSSR count). The van der Waals surface area contributed by atoms with Crippen molar-refractivity contribution >= 4 is 287 Å². The monoisotopic (exact) mass is 1560 g/mol. The van der Waals surface area contributed by atoms with Crippen LogP contribution in [0.4, 0.5) is 0 Å². The average molecular weight is 1580 g/mol. The molecule has 0 heterocycles. The van der Waals surface area contributed by atoms with E-state index in [2.05, 4.69) is 292 Å². The summed E-state index contributed by atoms with van der Waals surface area (Å²) in [5.74, 6) is 0. The van der Waals surface area contributed by atoms with Crippen molar-refractivity contribution in [2.75, 3.05) is 13.1 Å².